The van der Waals surface area contributed by atoms with Crippen LogP contribution in [0.25, 0.3) is 0 Å². The summed E-state index contributed by atoms with van der Waals surface area (Å²) in [6.45, 7) is 0. The van der Waals surface area contributed by atoms with Crippen molar-refractivity contribution in [2.45, 2.75) is 4.90 Å². The molecular formula is C13H11N3O6S. The first kappa shape index (κ1) is 16.4. The van der Waals surface area contributed by atoms with Gasteiger partial charge in [-0.2, -0.15) is 0 Å². The summed E-state index contributed by atoms with van der Waals surface area (Å²) >= 11 is 0. The Morgan fingerprint density at radius 2 is 2.00 bits per heavy atom. The number of sulfonamides is 1. The van der Waals surface area contributed by atoms with E-state index in [0.717, 1.165) is 19.2 Å². The van der Waals surface area contributed by atoms with Crippen LogP contribution >= 0.6 is 0 Å². The van der Waals surface area contributed by atoms with Gasteiger partial charge in [0.2, 0.25) is 0 Å². The van der Waals surface area contributed by atoms with E-state index in [1.165, 1.54) is 30.5 Å². The number of nitro benzene ring substituents is 1. The fourth-order valence-electron chi connectivity index (χ4n) is 1.84. The van der Waals surface area contributed by atoms with Gasteiger partial charge in [-0.1, -0.05) is 6.07 Å². The van der Waals surface area contributed by atoms with E-state index < -0.39 is 20.9 Å². The number of carboxylic acid groups (broad SMARTS) is 1. The van der Waals surface area contributed by atoms with Crippen molar-refractivity contribution < 1.29 is 23.2 Å². The normalized spacial score (nSPS) is 11.0. The number of non-ortho nitro benzene ring substituents is 1. The zero-order valence-corrected chi connectivity index (χ0v) is 12.6. The number of carbonyl (C=O) groups is 1. The van der Waals surface area contributed by atoms with Gasteiger partial charge in [0.05, 0.1) is 9.82 Å². The van der Waals surface area contributed by atoms with Gasteiger partial charge in [0, 0.05) is 25.4 Å². The lowest BCUT2D eigenvalue weighted by Gasteiger charge is -2.19. The molecule has 0 amide bonds. The number of carboxylic acids is 1. The molecule has 23 heavy (non-hydrogen) atoms. The molecule has 0 saturated heterocycles. The molecule has 10 heteroatoms. The number of benzene rings is 1. The Morgan fingerprint density at radius 1 is 1.30 bits per heavy atom. The van der Waals surface area contributed by atoms with Crippen molar-refractivity contribution in [3.63, 3.8) is 0 Å². The van der Waals surface area contributed by atoms with E-state index in [1.54, 1.807) is 0 Å². The summed E-state index contributed by atoms with van der Waals surface area (Å²) in [5, 5.41) is 19.9. The summed E-state index contributed by atoms with van der Waals surface area (Å²) in [5.74, 6) is -1.62. The second-order valence-corrected chi connectivity index (χ2v) is 6.38. The minimum Gasteiger partial charge on any atom is -0.478 e. The molecule has 0 bridgehead atoms. The first-order valence-corrected chi connectivity index (χ1v) is 7.61. The van der Waals surface area contributed by atoms with Gasteiger partial charge in [-0.05, 0) is 18.2 Å². The maximum Gasteiger partial charge on any atom is 0.339 e. The summed E-state index contributed by atoms with van der Waals surface area (Å²) < 4.78 is 25.8. The molecular weight excluding hydrogens is 326 g/mol. The Bertz CT molecular complexity index is 881. The minimum atomic E-state index is -4.20. The Morgan fingerprint density at radius 3 is 2.61 bits per heavy atom. The molecule has 120 valence electrons. The van der Waals surface area contributed by atoms with Gasteiger partial charge in [-0.25, -0.2) is 18.2 Å². The average Bonchev–Trinajstić information content (AvgIpc) is 2.54. The summed E-state index contributed by atoms with van der Waals surface area (Å²) in [5.41, 5.74) is -0.692. The smallest absolute Gasteiger partial charge is 0.339 e. The molecule has 0 unspecified atom stereocenters. The van der Waals surface area contributed by atoms with Crippen LogP contribution in [0.4, 0.5) is 11.5 Å². The van der Waals surface area contributed by atoms with Crippen molar-refractivity contribution in [2.75, 3.05) is 11.4 Å². The number of aromatic carboxylic acids is 1. The van der Waals surface area contributed by atoms with E-state index in [2.05, 4.69) is 4.98 Å². The number of pyridine rings is 1. The number of hydrogen-bond acceptors (Lipinski definition) is 6. The van der Waals surface area contributed by atoms with Crippen LogP contribution < -0.4 is 4.31 Å². The highest BCUT2D eigenvalue weighted by molar-refractivity contribution is 7.92. The van der Waals surface area contributed by atoms with Gasteiger partial charge in [0.15, 0.2) is 5.82 Å². The first-order valence-electron chi connectivity index (χ1n) is 6.17. The van der Waals surface area contributed by atoms with Crippen LogP contribution in [-0.2, 0) is 10.0 Å². The van der Waals surface area contributed by atoms with Crippen LogP contribution in [0, 0.1) is 10.1 Å². The standard InChI is InChI=1S/C13H11N3O6S/c1-15(12-11(13(17)18)6-3-7-14-12)23(21,22)10-5-2-4-9(8-10)16(19)20/h2-8H,1H3,(H,17,18). The number of nitro groups is 1. The largest absolute Gasteiger partial charge is 0.478 e. The van der Waals surface area contributed by atoms with Crippen LogP contribution in [0.2, 0.25) is 0 Å². The van der Waals surface area contributed by atoms with E-state index >= 15 is 0 Å². The Labute approximate surface area is 131 Å². The Kier molecular flexibility index (Phi) is 4.27. The number of hydrogen-bond donors (Lipinski definition) is 1. The lowest BCUT2D eigenvalue weighted by molar-refractivity contribution is -0.385. The number of nitrogens with zero attached hydrogens (tertiary/aromatic N) is 3. The SMILES string of the molecule is CN(c1ncccc1C(=O)O)S(=O)(=O)c1cccc([N+](=O)[O-])c1. The van der Waals surface area contributed by atoms with Crippen molar-refractivity contribution in [1.82, 2.24) is 4.98 Å². The molecule has 0 aliphatic rings. The fraction of sp³-hybridized carbons (Fsp3) is 0.0769. The van der Waals surface area contributed by atoms with Gasteiger partial charge < -0.3 is 5.11 Å². The van der Waals surface area contributed by atoms with Gasteiger partial charge in [0.1, 0.15) is 5.56 Å². The molecule has 0 aliphatic carbocycles. The number of aromatic nitrogens is 1. The summed E-state index contributed by atoms with van der Waals surface area (Å²) in [4.78, 5) is 24.7. The highest BCUT2D eigenvalue weighted by Gasteiger charge is 2.27. The van der Waals surface area contributed by atoms with Crippen LogP contribution in [0.5, 0.6) is 0 Å². The van der Waals surface area contributed by atoms with Crippen molar-refractivity contribution in [3.05, 3.63) is 58.3 Å². The molecule has 1 N–H and O–H groups in total. The van der Waals surface area contributed by atoms with Crippen LogP contribution in [0.3, 0.4) is 0 Å². The second-order valence-electron chi connectivity index (χ2n) is 4.41. The monoisotopic (exact) mass is 337 g/mol. The molecule has 0 fully saturated rings. The van der Waals surface area contributed by atoms with Crippen LogP contribution in [0.15, 0.2) is 47.5 Å². The lowest BCUT2D eigenvalue weighted by Crippen LogP contribution is -2.29. The lowest BCUT2D eigenvalue weighted by atomic mass is 10.2. The van der Waals surface area contributed by atoms with Crippen molar-refractivity contribution in [2.24, 2.45) is 0 Å². The quantitative estimate of drug-likeness (QED) is 0.646. The second kappa shape index (κ2) is 6.01. The molecule has 0 saturated carbocycles. The van der Waals surface area contributed by atoms with Crippen molar-refractivity contribution >= 4 is 27.5 Å². The predicted octanol–water partition coefficient (Wildman–Crippen LogP) is 1.51. The molecule has 9 nitrogen and oxygen atoms in total. The van der Waals surface area contributed by atoms with Crippen LogP contribution in [-0.4, -0.2) is 36.4 Å². The van der Waals surface area contributed by atoms with E-state index in [-0.39, 0.29) is 22.0 Å². The molecule has 0 aliphatic heterocycles. The van der Waals surface area contributed by atoms with E-state index in [4.69, 9.17) is 5.11 Å². The predicted molar refractivity (Wildman–Crippen MR) is 79.9 cm³/mol. The first-order chi connectivity index (χ1) is 10.7. The molecule has 2 aromatic rings. The van der Waals surface area contributed by atoms with E-state index in [1.807, 2.05) is 0 Å². The zero-order chi connectivity index (χ0) is 17.2. The third kappa shape index (κ3) is 3.11. The molecule has 0 spiro atoms. The van der Waals surface area contributed by atoms with Crippen molar-refractivity contribution in [3.8, 4) is 0 Å². The Hall–Kier alpha value is -3.01. The van der Waals surface area contributed by atoms with Crippen molar-refractivity contribution in [1.29, 1.82) is 0 Å². The molecule has 1 aromatic heterocycles. The van der Waals surface area contributed by atoms with Gasteiger partial charge in [-0.3, -0.25) is 14.4 Å². The highest BCUT2D eigenvalue weighted by atomic mass is 32.2. The number of anilines is 1. The molecule has 0 radical (unpaired) electrons. The summed E-state index contributed by atoms with van der Waals surface area (Å²) in [6, 6.07) is 7.04. The van der Waals surface area contributed by atoms with Gasteiger partial charge >= 0.3 is 5.97 Å². The summed E-state index contributed by atoms with van der Waals surface area (Å²) in [7, 11) is -3.07. The highest BCUT2D eigenvalue weighted by Crippen LogP contribution is 2.25. The van der Waals surface area contributed by atoms with Gasteiger partial charge in [-0.15, -0.1) is 0 Å². The van der Waals surface area contributed by atoms with E-state index in [0.29, 0.717) is 4.31 Å². The zero-order valence-electron chi connectivity index (χ0n) is 11.8. The molecule has 1 aromatic carbocycles. The third-order valence-corrected chi connectivity index (χ3v) is 4.75. The van der Waals surface area contributed by atoms with Crippen LogP contribution in [0.1, 0.15) is 10.4 Å². The maximum atomic E-state index is 12.6. The topological polar surface area (TPSA) is 131 Å². The molecule has 1 heterocycles. The Balaban J connectivity index is 2.54. The molecule has 2 rings (SSSR count). The van der Waals surface area contributed by atoms with E-state index in [9.17, 15) is 23.3 Å². The fourth-order valence-corrected chi connectivity index (χ4v) is 3.05. The summed E-state index contributed by atoms with van der Waals surface area (Å²) in [6.07, 6.45) is 1.25. The molecule has 0 atom stereocenters. The number of rotatable bonds is 5. The maximum absolute atomic E-state index is 12.6. The van der Waals surface area contributed by atoms with Gasteiger partial charge in [0.25, 0.3) is 15.7 Å². The average molecular weight is 337 g/mol. The third-order valence-electron chi connectivity index (χ3n) is 3.00. The minimum absolute atomic E-state index is 0.286.